The van der Waals surface area contributed by atoms with E-state index in [2.05, 4.69) is 15.5 Å². The van der Waals surface area contributed by atoms with Crippen molar-refractivity contribution in [3.63, 3.8) is 0 Å². The van der Waals surface area contributed by atoms with Crippen LogP contribution in [-0.4, -0.2) is 22.5 Å². The third-order valence-electron chi connectivity index (χ3n) is 2.20. The molecule has 5 heteroatoms. The normalized spacial score (nSPS) is 18.6. The van der Waals surface area contributed by atoms with Gasteiger partial charge in [0.1, 0.15) is 0 Å². The van der Waals surface area contributed by atoms with Crippen molar-refractivity contribution in [1.29, 1.82) is 0 Å². The van der Waals surface area contributed by atoms with Crippen LogP contribution in [-0.2, 0) is 4.79 Å². The van der Waals surface area contributed by atoms with Gasteiger partial charge in [0.2, 0.25) is 5.91 Å². The molecule has 0 bridgehead atoms. The maximum absolute atomic E-state index is 10.9. The van der Waals surface area contributed by atoms with Crippen LogP contribution in [0.5, 0.6) is 0 Å². The van der Waals surface area contributed by atoms with Crippen LogP contribution in [0.15, 0.2) is 46.6 Å². The van der Waals surface area contributed by atoms with E-state index < -0.39 is 0 Å². The van der Waals surface area contributed by atoms with Crippen molar-refractivity contribution in [2.75, 3.05) is 5.75 Å². The number of benzene rings is 1. The van der Waals surface area contributed by atoms with Gasteiger partial charge in [-0.2, -0.15) is 5.10 Å². The van der Waals surface area contributed by atoms with Crippen molar-refractivity contribution in [3.8, 4) is 0 Å². The van der Waals surface area contributed by atoms with E-state index in [1.165, 1.54) is 11.8 Å². The fraction of sp³-hybridized carbons (Fsp3) is 0.154. The SMILES string of the molecule is CC(/C=C/c1ccccc1)=N\N=C1/NC(=O)CS1. The van der Waals surface area contributed by atoms with Gasteiger partial charge in [-0.1, -0.05) is 48.2 Å². The Hall–Kier alpha value is -1.88. The van der Waals surface area contributed by atoms with Crippen molar-refractivity contribution in [2.24, 2.45) is 10.2 Å². The summed E-state index contributed by atoms with van der Waals surface area (Å²) >= 11 is 1.37. The third-order valence-corrected chi connectivity index (χ3v) is 3.07. The number of hydrogen-bond acceptors (Lipinski definition) is 4. The van der Waals surface area contributed by atoms with Gasteiger partial charge >= 0.3 is 0 Å². The molecule has 1 fully saturated rings. The van der Waals surface area contributed by atoms with Crippen LogP contribution in [0.1, 0.15) is 12.5 Å². The molecule has 18 heavy (non-hydrogen) atoms. The van der Waals surface area contributed by atoms with Crippen LogP contribution in [0.3, 0.4) is 0 Å². The molecule has 0 aromatic heterocycles. The zero-order chi connectivity index (χ0) is 12.8. The number of carbonyl (C=O) groups is 1. The smallest absolute Gasteiger partial charge is 0.236 e. The summed E-state index contributed by atoms with van der Waals surface area (Å²) in [5.74, 6) is 0.402. The first-order chi connectivity index (χ1) is 8.74. The first-order valence-electron chi connectivity index (χ1n) is 5.52. The first-order valence-corrected chi connectivity index (χ1v) is 6.50. The molecule has 0 aliphatic carbocycles. The molecule has 0 radical (unpaired) electrons. The zero-order valence-corrected chi connectivity index (χ0v) is 10.8. The Kier molecular flexibility index (Phi) is 4.30. The number of amides is 1. The van der Waals surface area contributed by atoms with E-state index in [4.69, 9.17) is 0 Å². The number of thioether (sulfide) groups is 1. The molecule has 0 saturated carbocycles. The Balaban J connectivity index is 1.97. The number of rotatable bonds is 3. The maximum atomic E-state index is 10.9. The summed E-state index contributed by atoms with van der Waals surface area (Å²) in [5, 5.41) is 11.2. The quantitative estimate of drug-likeness (QED) is 0.669. The van der Waals surface area contributed by atoms with Crippen molar-refractivity contribution in [1.82, 2.24) is 5.32 Å². The molecule has 0 unspecified atom stereocenters. The summed E-state index contributed by atoms with van der Waals surface area (Å²) in [7, 11) is 0. The van der Waals surface area contributed by atoms with E-state index in [0.717, 1.165) is 11.3 Å². The Bertz CT molecular complexity index is 520. The second kappa shape index (κ2) is 6.16. The molecule has 1 aliphatic heterocycles. The summed E-state index contributed by atoms with van der Waals surface area (Å²) in [6.45, 7) is 1.87. The van der Waals surface area contributed by atoms with Crippen molar-refractivity contribution >= 4 is 34.6 Å². The van der Waals surface area contributed by atoms with Crippen LogP contribution in [0, 0.1) is 0 Å². The standard InChI is InChI=1S/C13H13N3OS/c1-10(7-8-11-5-3-2-4-6-11)15-16-13-14-12(17)9-18-13/h2-8H,9H2,1H3,(H,14,16,17)/b8-7+,15-10+. The van der Waals surface area contributed by atoms with E-state index in [1.54, 1.807) is 0 Å². The number of carbonyl (C=O) groups excluding carboxylic acids is 1. The molecule has 1 heterocycles. The molecule has 0 atom stereocenters. The van der Waals surface area contributed by atoms with Crippen LogP contribution < -0.4 is 5.32 Å². The largest absolute Gasteiger partial charge is 0.303 e. The molecular formula is C13H13N3OS. The number of nitrogens with one attached hydrogen (secondary N) is 1. The molecule has 1 aromatic rings. The third kappa shape index (κ3) is 3.85. The second-order valence-corrected chi connectivity index (χ2v) is 4.69. The van der Waals surface area contributed by atoms with Crippen molar-refractivity contribution in [3.05, 3.63) is 42.0 Å². The highest BCUT2D eigenvalue weighted by molar-refractivity contribution is 8.15. The van der Waals surface area contributed by atoms with E-state index in [-0.39, 0.29) is 5.91 Å². The van der Waals surface area contributed by atoms with Gasteiger partial charge in [-0.25, -0.2) is 0 Å². The minimum absolute atomic E-state index is 0.0218. The van der Waals surface area contributed by atoms with Gasteiger partial charge in [-0.05, 0) is 18.6 Å². The highest BCUT2D eigenvalue weighted by atomic mass is 32.2. The highest BCUT2D eigenvalue weighted by Gasteiger charge is 2.15. The lowest BCUT2D eigenvalue weighted by Gasteiger charge is -1.92. The number of allylic oxidation sites excluding steroid dienone is 1. The maximum Gasteiger partial charge on any atom is 0.236 e. The van der Waals surface area contributed by atoms with Gasteiger partial charge in [0.05, 0.1) is 11.5 Å². The number of amidine groups is 1. The van der Waals surface area contributed by atoms with Gasteiger partial charge in [0, 0.05) is 0 Å². The van der Waals surface area contributed by atoms with Gasteiger partial charge in [-0.15, -0.1) is 5.10 Å². The molecule has 1 aliphatic rings. The Morgan fingerprint density at radius 2 is 2.17 bits per heavy atom. The van der Waals surface area contributed by atoms with Crippen LogP contribution in [0.2, 0.25) is 0 Å². The summed E-state index contributed by atoms with van der Waals surface area (Å²) < 4.78 is 0. The Morgan fingerprint density at radius 3 is 2.83 bits per heavy atom. The van der Waals surface area contributed by atoms with Crippen molar-refractivity contribution < 1.29 is 4.79 Å². The lowest BCUT2D eigenvalue weighted by molar-refractivity contribution is -0.116. The van der Waals surface area contributed by atoms with Gasteiger partial charge < -0.3 is 5.32 Å². The summed E-state index contributed by atoms with van der Waals surface area (Å²) in [5.41, 5.74) is 1.90. The molecule has 1 N–H and O–H groups in total. The fourth-order valence-electron chi connectivity index (χ4n) is 1.32. The number of nitrogens with zero attached hydrogens (tertiary/aromatic N) is 2. The predicted octanol–water partition coefficient (Wildman–Crippen LogP) is 2.29. The lowest BCUT2D eigenvalue weighted by Crippen LogP contribution is -2.19. The zero-order valence-electron chi connectivity index (χ0n) is 9.96. The van der Waals surface area contributed by atoms with E-state index in [9.17, 15) is 4.79 Å². The summed E-state index contributed by atoms with van der Waals surface area (Å²) in [6.07, 6.45) is 3.86. The van der Waals surface area contributed by atoms with Crippen LogP contribution in [0.25, 0.3) is 6.08 Å². The number of hydrogen-bond donors (Lipinski definition) is 1. The molecule has 1 aromatic carbocycles. The molecular weight excluding hydrogens is 246 g/mol. The average Bonchev–Trinajstić information content (AvgIpc) is 2.81. The van der Waals surface area contributed by atoms with E-state index in [0.29, 0.717) is 10.9 Å². The first kappa shape index (κ1) is 12.6. The van der Waals surface area contributed by atoms with Gasteiger partial charge in [0.25, 0.3) is 0 Å². The fourth-order valence-corrected chi connectivity index (χ4v) is 1.94. The topological polar surface area (TPSA) is 53.8 Å². The molecule has 1 amide bonds. The molecule has 92 valence electrons. The molecule has 1 saturated heterocycles. The van der Waals surface area contributed by atoms with Crippen LogP contribution >= 0.6 is 11.8 Å². The van der Waals surface area contributed by atoms with Crippen molar-refractivity contribution in [2.45, 2.75) is 6.92 Å². The molecule has 2 rings (SSSR count). The monoisotopic (exact) mass is 259 g/mol. The lowest BCUT2D eigenvalue weighted by atomic mass is 10.2. The Morgan fingerprint density at radius 1 is 1.39 bits per heavy atom. The molecule has 0 spiro atoms. The molecule has 4 nitrogen and oxygen atoms in total. The predicted molar refractivity (Wildman–Crippen MR) is 76.6 cm³/mol. The summed E-state index contributed by atoms with van der Waals surface area (Å²) in [4.78, 5) is 10.9. The minimum atomic E-state index is -0.0218. The van der Waals surface area contributed by atoms with E-state index in [1.807, 2.05) is 49.4 Å². The summed E-state index contributed by atoms with van der Waals surface area (Å²) in [6, 6.07) is 9.98. The van der Waals surface area contributed by atoms with Gasteiger partial charge in [-0.3, -0.25) is 4.79 Å². The second-order valence-electron chi connectivity index (χ2n) is 3.73. The van der Waals surface area contributed by atoms with Crippen LogP contribution in [0.4, 0.5) is 0 Å². The highest BCUT2D eigenvalue weighted by Crippen LogP contribution is 2.08. The minimum Gasteiger partial charge on any atom is -0.303 e. The average molecular weight is 259 g/mol. The van der Waals surface area contributed by atoms with Gasteiger partial charge in [0.15, 0.2) is 5.17 Å². The Labute approximate surface area is 110 Å². The van der Waals surface area contributed by atoms with E-state index >= 15 is 0 Å².